The third-order valence-corrected chi connectivity index (χ3v) is 2.91. The maximum Gasteiger partial charge on any atom is 0.0614 e. The van der Waals surface area contributed by atoms with Crippen LogP contribution in [0.2, 0.25) is 10.0 Å². The number of nitrogens with one attached hydrogen (secondary N) is 1. The highest BCUT2D eigenvalue weighted by Gasteiger charge is 2.04. The SMILES string of the molecule is COCCCCNc1cc(Cl)c(Cl)cc1N. The molecule has 0 aliphatic rings. The Labute approximate surface area is 106 Å². The molecule has 1 aromatic rings. The molecular formula is C11H16Cl2N2O. The summed E-state index contributed by atoms with van der Waals surface area (Å²) < 4.78 is 4.96. The molecule has 1 rings (SSSR count). The molecule has 16 heavy (non-hydrogen) atoms. The van der Waals surface area contributed by atoms with Crippen molar-refractivity contribution in [1.82, 2.24) is 0 Å². The van der Waals surface area contributed by atoms with Crippen molar-refractivity contribution in [2.75, 3.05) is 31.3 Å². The van der Waals surface area contributed by atoms with E-state index in [0.29, 0.717) is 15.7 Å². The van der Waals surface area contributed by atoms with Crippen LogP contribution in [-0.4, -0.2) is 20.3 Å². The van der Waals surface area contributed by atoms with Crippen LogP contribution >= 0.6 is 23.2 Å². The van der Waals surface area contributed by atoms with Crippen LogP contribution in [0.5, 0.6) is 0 Å². The topological polar surface area (TPSA) is 47.3 Å². The number of rotatable bonds is 6. The first kappa shape index (κ1) is 13.4. The third kappa shape index (κ3) is 4.08. The molecule has 90 valence electrons. The van der Waals surface area contributed by atoms with Gasteiger partial charge in [0.2, 0.25) is 0 Å². The highest BCUT2D eigenvalue weighted by Crippen LogP contribution is 2.30. The van der Waals surface area contributed by atoms with E-state index in [1.54, 1.807) is 19.2 Å². The molecule has 5 heteroatoms. The summed E-state index contributed by atoms with van der Waals surface area (Å²) in [7, 11) is 1.70. The Morgan fingerprint density at radius 2 is 1.94 bits per heavy atom. The van der Waals surface area contributed by atoms with Crippen molar-refractivity contribution >= 4 is 34.6 Å². The second-order valence-electron chi connectivity index (χ2n) is 3.48. The van der Waals surface area contributed by atoms with Crippen LogP contribution in [0, 0.1) is 0 Å². The molecule has 1 aromatic carbocycles. The van der Waals surface area contributed by atoms with Crippen molar-refractivity contribution in [1.29, 1.82) is 0 Å². The van der Waals surface area contributed by atoms with Crippen molar-refractivity contribution in [2.45, 2.75) is 12.8 Å². The molecule has 0 aliphatic carbocycles. The highest BCUT2D eigenvalue weighted by molar-refractivity contribution is 6.42. The van der Waals surface area contributed by atoms with Crippen LogP contribution in [-0.2, 0) is 4.74 Å². The summed E-state index contributed by atoms with van der Waals surface area (Å²) in [6.45, 7) is 1.62. The zero-order chi connectivity index (χ0) is 12.0. The van der Waals surface area contributed by atoms with Gasteiger partial charge in [0, 0.05) is 20.3 Å². The second kappa shape index (κ2) is 6.84. The van der Waals surface area contributed by atoms with Crippen LogP contribution in [0.25, 0.3) is 0 Å². The van der Waals surface area contributed by atoms with Gasteiger partial charge in [-0.1, -0.05) is 23.2 Å². The number of ether oxygens (including phenoxy) is 1. The van der Waals surface area contributed by atoms with Gasteiger partial charge in [-0.25, -0.2) is 0 Å². The quantitative estimate of drug-likeness (QED) is 0.610. The van der Waals surface area contributed by atoms with Gasteiger partial charge < -0.3 is 15.8 Å². The van der Waals surface area contributed by atoms with Gasteiger partial charge in [-0.05, 0) is 25.0 Å². The number of nitrogen functional groups attached to an aromatic ring is 1. The summed E-state index contributed by atoms with van der Waals surface area (Å²) in [5.41, 5.74) is 7.24. The van der Waals surface area contributed by atoms with Crippen LogP contribution in [0.15, 0.2) is 12.1 Å². The van der Waals surface area contributed by atoms with Crippen LogP contribution < -0.4 is 11.1 Å². The first-order valence-corrected chi connectivity index (χ1v) is 5.88. The van der Waals surface area contributed by atoms with E-state index in [2.05, 4.69) is 5.32 Å². The lowest BCUT2D eigenvalue weighted by molar-refractivity contribution is 0.194. The summed E-state index contributed by atoms with van der Waals surface area (Å²) in [5.74, 6) is 0. The fraction of sp³-hybridized carbons (Fsp3) is 0.455. The monoisotopic (exact) mass is 262 g/mol. The normalized spacial score (nSPS) is 10.4. The summed E-state index contributed by atoms with van der Waals surface area (Å²) in [4.78, 5) is 0. The van der Waals surface area contributed by atoms with Crippen molar-refractivity contribution in [2.24, 2.45) is 0 Å². The second-order valence-corrected chi connectivity index (χ2v) is 4.29. The minimum Gasteiger partial charge on any atom is -0.397 e. The minimum atomic E-state index is 0.476. The van der Waals surface area contributed by atoms with E-state index in [1.807, 2.05) is 0 Å². The van der Waals surface area contributed by atoms with Gasteiger partial charge in [0.25, 0.3) is 0 Å². The van der Waals surface area contributed by atoms with E-state index in [1.165, 1.54) is 0 Å². The lowest BCUT2D eigenvalue weighted by Crippen LogP contribution is -2.05. The van der Waals surface area contributed by atoms with Crippen molar-refractivity contribution < 1.29 is 4.74 Å². The predicted octanol–water partition coefficient (Wildman–Crippen LogP) is 3.41. The van der Waals surface area contributed by atoms with Crippen LogP contribution in [0.3, 0.4) is 0 Å². The van der Waals surface area contributed by atoms with E-state index in [4.69, 9.17) is 33.7 Å². The summed E-state index contributed by atoms with van der Waals surface area (Å²) in [6, 6.07) is 3.40. The largest absolute Gasteiger partial charge is 0.397 e. The Morgan fingerprint density at radius 1 is 1.25 bits per heavy atom. The van der Waals surface area contributed by atoms with E-state index in [0.717, 1.165) is 31.7 Å². The number of methoxy groups -OCH3 is 1. The molecular weight excluding hydrogens is 247 g/mol. The van der Waals surface area contributed by atoms with Crippen molar-refractivity contribution in [3.05, 3.63) is 22.2 Å². The fourth-order valence-electron chi connectivity index (χ4n) is 1.31. The number of halogens is 2. The molecule has 0 unspecified atom stereocenters. The molecule has 0 aliphatic heterocycles. The molecule has 3 nitrogen and oxygen atoms in total. The molecule has 0 saturated heterocycles. The Morgan fingerprint density at radius 3 is 2.62 bits per heavy atom. The lowest BCUT2D eigenvalue weighted by Gasteiger charge is -2.10. The maximum atomic E-state index is 5.90. The standard InChI is InChI=1S/C11H16Cl2N2O/c1-16-5-3-2-4-15-11-7-9(13)8(12)6-10(11)14/h6-7,15H,2-5,14H2,1H3. The Bertz CT molecular complexity index is 345. The van der Waals surface area contributed by atoms with Crippen LogP contribution in [0.4, 0.5) is 11.4 Å². The van der Waals surface area contributed by atoms with Gasteiger partial charge in [0.05, 0.1) is 21.4 Å². The Balaban J connectivity index is 2.45. The number of hydrogen-bond acceptors (Lipinski definition) is 3. The van der Waals surface area contributed by atoms with Gasteiger partial charge >= 0.3 is 0 Å². The van der Waals surface area contributed by atoms with Gasteiger partial charge in [-0.15, -0.1) is 0 Å². The number of benzene rings is 1. The van der Waals surface area contributed by atoms with Gasteiger partial charge in [-0.2, -0.15) is 0 Å². The lowest BCUT2D eigenvalue weighted by atomic mass is 10.2. The molecule has 0 aromatic heterocycles. The predicted molar refractivity (Wildman–Crippen MR) is 70.5 cm³/mol. The van der Waals surface area contributed by atoms with Gasteiger partial charge in [0.1, 0.15) is 0 Å². The maximum absolute atomic E-state index is 5.90. The Hall–Kier alpha value is -0.640. The van der Waals surface area contributed by atoms with Crippen molar-refractivity contribution in [3.63, 3.8) is 0 Å². The zero-order valence-corrected chi connectivity index (χ0v) is 10.7. The molecule has 0 spiro atoms. The average Bonchev–Trinajstić information content (AvgIpc) is 2.25. The summed E-state index contributed by atoms with van der Waals surface area (Å²) >= 11 is 11.7. The molecule has 3 N–H and O–H groups in total. The number of anilines is 2. The van der Waals surface area contributed by atoms with Gasteiger partial charge in [-0.3, -0.25) is 0 Å². The number of hydrogen-bond donors (Lipinski definition) is 2. The number of unbranched alkanes of at least 4 members (excludes halogenated alkanes) is 1. The van der Waals surface area contributed by atoms with E-state index < -0.39 is 0 Å². The average molecular weight is 263 g/mol. The number of nitrogens with two attached hydrogens (primary N) is 1. The van der Waals surface area contributed by atoms with Crippen LogP contribution in [0.1, 0.15) is 12.8 Å². The first-order valence-electron chi connectivity index (χ1n) is 5.12. The van der Waals surface area contributed by atoms with E-state index in [-0.39, 0.29) is 0 Å². The highest BCUT2D eigenvalue weighted by atomic mass is 35.5. The minimum absolute atomic E-state index is 0.476. The fourth-order valence-corrected chi connectivity index (χ4v) is 1.65. The van der Waals surface area contributed by atoms with Crippen molar-refractivity contribution in [3.8, 4) is 0 Å². The first-order chi connectivity index (χ1) is 7.65. The summed E-state index contributed by atoms with van der Waals surface area (Å²) in [5, 5.41) is 4.20. The smallest absolute Gasteiger partial charge is 0.0614 e. The molecule has 0 heterocycles. The van der Waals surface area contributed by atoms with E-state index in [9.17, 15) is 0 Å². The van der Waals surface area contributed by atoms with E-state index >= 15 is 0 Å². The molecule has 0 amide bonds. The molecule has 0 atom stereocenters. The molecule has 0 saturated carbocycles. The summed E-state index contributed by atoms with van der Waals surface area (Å²) in [6.07, 6.45) is 2.04. The molecule has 0 fully saturated rings. The molecule has 0 radical (unpaired) electrons. The Kier molecular flexibility index (Phi) is 5.74. The molecule has 0 bridgehead atoms. The third-order valence-electron chi connectivity index (χ3n) is 2.18. The zero-order valence-electron chi connectivity index (χ0n) is 9.22. The van der Waals surface area contributed by atoms with Gasteiger partial charge in [0.15, 0.2) is 0 Å².